The minimum Gasteiger partial charge on any atom is -0.497 e. The molecular weight excluding hydrogens is 428 g/mol. The van der Waals surface area contributed by atoms with Gasteiger partial charge in [0.2, 0.25) is 15.9 Å². The second-order valence-corrected chi connectivity index (χ2v) is 10.5. The van der Waals surface area contributed by atoms with E-state index in [2.05, 4.69) is 0 Å². The number of fused-ring (bicyclic) bond motifs is 3. The Morgan fingerprint density at radius 1 is 0.938 bits per heavy atom. The molecule has 2 aromatic carbocycles. The van der Waals surface area contributed by atoms with Gasteiger partial charge in [-0.3, -0.25) is 9.59 Å². The third-order valence-corrected chi connectivity index (χ3v) is 8.66. The number of rotatable bonds is 4. The van der Waals surface area contributed by atoms with Gasteiger partial charge >= 0.3 is 0 Å². The topological polar surface area (TPSA) is 84.0 Å². The molecule has 2 aromatic rings. The number of ether oxygens (including phenoxy) is 1. The average Bonchev–Trinajstić information content (AvgIpc) is 3.06. The molecule has 1 amide bonds. The second-order valence-electron chi connectivity index (χ2n) is 8.59. The van der Waals surface area contributed by atoms with E-state index in [0.29, 0.717) is 17.0 Å². The van der Waals surface area contributed by atoms with Gasteiger partial charge in [-0.1, -0.05) is 17.7 Å². The van der Waals surface area contributed by atoms with Crippen LogP contribution in [0.2, 0.25) is 0 Å². The summed E-state index contributed by atoms with van der Waals surface area (Å²) in [6, 6.07) is 12.4. The number of ketones is 1. The molecule has 2 fully saturated rings. The van der Waals surface area contributed by atoms with Gasteiger partial charge < -0.3 is 9.64 Å². The number of anilines is 1. The molecular formula is C24H24N2O5S. The first kappa shape index (κ1) is 20.9. The third-order valence-electron chi connectivity index (χ3n) is 6.80. The van der Waals surface area contributed by atoms with Gasteiger partial charge in [-0.05, 0) is 61.4 Å². The molecule has 2 aliphatic heterocycles. The molecule has 0 saturated carbocycles. The first-order valence-electron chi connectivity index (χ1n) is 10.5. The minimum absolute atomic E-state index is 0.0207. The zero-order valence-electron chi connectivity index (χ0n) is 18.1. The number of benzene rings is 2. The lowest BCUT2D eigenvalue weighted by Crippen LogP contribution is -2.75. The van der Waals surface area contributed by atoms with Gasteiger partial charge in [-0.2, -0.15) is 4.31 Å². The van der Waals surface area contributed by atoms with Crippen molar-refractivity contribution in [1.29, 1.82) is 0 Å². The SMILES string of the molecule is COc1ccc(N2C(=O)[C@@H]3[C@H]2C2=C(C)C(=O)C[C@H]2CN3S(=O)(=O)c2ccc(C)cc2)cc1. The number of sulfonamides is 1. The molecule has 7 nitrogen and oxygen atoms in total. The highest BCUT2D eigenvalue weighted by Crippen LogP contribution is 2.48. The smallest absolute Gasteiger partial charge is 0.248 e. The summed E-state index contributed by atoms with van der Waals surface area (Å²) in [6.45, 7) is 3.81. The Balaban J connectivity index is 1.58. The zero-order chi connectivity index (χ0) is 22.8. The van der Waals surface area contributed by atoms with E-state index in [1.807, 2.05) is 6.92 Å². The van der Waals surface area contributed by atoms with Gasteiger partial charge in [0.15, 0.2) is 5.78 Å². The standard InChI is InChI=1S/C24H24N2O5S/c1-14-4-10-19(11-5-14)32(29,30)25-13-16-12-20(27)15(2)21(16)22-23(25)24(28)26(22)17-6-8-18(31-3)9-7-17/h4-11,16,22-23H,12-13H2,1-3H3/t16-,22+,23-/m0/s1. The summed E-state index contributed by atoms with van der Waals surface area (Å²) in [5.41, 5.74) is 3.16. The number of piperidine rings is 1. The van der Waals surface area contributed by atoms with Crippen LogP contribution in [0.3, 0.4) is 0 Å². The summed E-state index contributed by atoms with van der Waals surface area (Å²) < 4.78 is 33.6. The van der Waals surface area contributed by atoms with Crippen molar-refractivity contribution in [1.82, 2.24) is 4.31 Å². The van der Waals surface area contributed by atoms with Crippen molar-refractivity contribution in [3.8, 4) is 5.75 Å². The van der Waals surface area contributed by atoms with Crippen molar-refractivity contribution >= 4 is 27.4 Å². The Morgan fingerprint density at radius 2 is 1.59 bits per heavy atom. The number of carbonyl (C=O) groups is 2. The molecule has 1 aliphatic carbocycles. The van der Waals surface area contributed by atoms with Crippen molar-refractivity contribution in [2.24, 2.45) is 5.92 Å². The number of methoxy groups -OCH3 is 1. The van der Waals surface area contributed by atoms with Crippen LogP contribution in [0.5, 0.6) is 5.75 Å². The largest absolute Gasteiger partial charge is 0.497 e. The number of β-lactam (4-membered cyclic amide) rings is 1. The fourth-order valence-corrected chi connectivity index (χ4v) is 6.73. The molecule has 0 aromatic heterocycles. The van der Waals surface area contributed by atoms with Gasteiger partial charge in [0.05, 0.1) is 18.0 Å². The average molecular weight is 453 g/mol. The van der Waals surface area contributed by atoms with E-state index in [4.69, 9.17) is 4.74 Å². The molecule has 3 aliphatic rings. The number of hydrogen-bond acceptors (Lipinski definition) is 5. The van der Waals surface area contributed by atoms with Gasteiger partial charge in [-0.25, -0.2) is 8.42 Å². The van der Waals surface area contributed by atoms with Crippen LogP contribution in [0.15, 0.2) is 64.6 Å². The van der Waals surface area contributed by atoms with Crippen LogP contribution in [-0.2, 0) is 19.6 Å². The van der Waals surface area contributed by atoms with E-state index in [9.17, 15) is 18.0 Å². The van der Waals surface area contributed by atoms with Gasteiger partial charge in [0, 0.05) is 24.6 Å². The summed E-state index contributed by atoms with van der Waals surface area (Å²) in [7, 11) is -2.33. The predicted octanol–water partition coefficient (Wildman–Crippen LogP) is 2.70. The van der Waals surface area contributed by atoms with Crippen molar-refractivity contribution in [2.75, 3.05) is 18.6 Å². The van der Waals surface area contributed by atoms with Crippen LogP contribution in [0.25, 0.3) is 0 Å². The van der Waals surface area contributed by atoms with Gasteiger partial charge in [-0.15, -0.1) is 0 Å². The molecule has 8 heteroatoms. The van der Waals surface area contributed by atoms with Crippen molar-refractivity contribution in [3.05, 3.63) is 65.2 Å². The van der Waals surface area contributed by atoms with Crippen LogP contribution in [0, 0.1) is 12.8 Å². The molecule has 166 valence electrons. The van der Waals surface area contributed by atoms with Gasteiger partial charge in [0.25, 0.3) is 0 Å². The van der Waals surface area contributed by atoms with E-state index in [1.165, 1.54) is 4.31 Å². The fraction of sp³-hybridized carbons (Fsp3) is 0.333. The minimum atomic E-state index is -3.90. The summed E-state index contributed by atoms with van der Waals surface area (Å²) in [6.07, 6.45) is 0.273. The maximum atomic E-state index is 13.5. The molecule has 0 spiro atoms. The molecule has 0 unspecified atom stereocenters. The Kier molecular flexibility index (Phi) is 4.76. The lowest BCUT2D eigenvalue weighted by Gasteiger charge is -2.55. The highest BCUT2D eigenvalue weighted by molar-refractivity contribution is 7.89. The summed E-state index contributed by atoms with van der Waals surface area (Å²) in [5, 5.41) is 0. The molecule has 0 bridgehead atoms. The van der Waals surface area contributed by atoms with E-state index >= 15 is 0 Å². The molecule has 2 saturated heterocycles. The fourth-order valence-electron chi connectivity index (χ4n) is 5.10. The van der Waals surface area contributed by atoms with Gasteiger partial charge in [0.1, 0.15) is 11.8 Å². The van der Waals surface area contributed by atoms with Crippen molar-refractivity contribution in [3.63, 3.8) is 0 Å². The summed E-state index contributed by atoms with van der Waals surface area (Å²) >= 11 is 0. The molecule has 0 radical (unpaired) electrons. The summed E-state index contributed by atoms with van der Waals surface area (Å²) in [5.74, 6) is 0.175. The van der Waals surface area contributed by atoms with Crippen LogP contribution in [-0.4, -0.2) is 50.2 Å². The molecule has 5 rings (SSSR count). The van der Waals surface area contributed by atoms with E-state index < -0.39 is 22.1 Å². The molecule has 3 atom stereocenters. The lowest BCUT2D eigenvalue weighted by atomic mass is 9.78. The monoisotopic (exact) mass is 452 g/mol. The predicted molar refractivity (Wildman–Crippen MR) is 119 cm³/mol. The molecule has 2 heterocycles. The highest BCUT2D eigenvalue weighted by atomic mass is 32.2. The Hall–Kier alpha value is -2.97. The number of aryl methyl sites for hydroxylation is 1. The van der Waals surface area contributed by atoms with E-state index in [0.717, 1.165) is 11.1 Å². The number of hydrogen-bond donors (Lipinski definition) is 0. The lowest BCUT2D eigenvalue weighted by molar-refractivity contribution is -0.130. The number of nitrogens with zero attached hydrogens (tertiary/aromatic N) is 2. The normalized spacial score (nSPS) is 25.5. The van der Waals surface area contributed by atoms with E-state index in [-0.39, 0.29) is 35.5 Å². The Labute approximate surface area is 187 Å². The molecule has 0 N–H and O–H groups in total. The maximum absolute atomic E-state index is 13.5. The van der Waals surface area contributed by atoms with Crippen LogP contribution < -0.4 is 9.64 Å². The second kappa shape index (κ2) is 7.28. The third kappa shape index (κ3) is 2.93. The first-order valence-corrected chi connectivity index (χ1v) is 12.0. The summed E-state index contributed by atoms with van der Waals surface area (Å²) in [4.78, 5) is 27.7. The highest BCUT2D eigenvalue weighted by Gasteiger charge is 2.61. The number of allylic oxidation sites excluding steroid dienone is 1. The number of Topliss-reactive ketones (excluding diaryl/α,β-unsaturated/α-hetero) is 1. The number of amides is 1. The van der Waals surface area contributed by atoms with Crippen LogP contribution >= 0.6 is 0 Å². The Bertz CT molecular complexity index is 1250. The van der Waals surface area contributed by atoms with Crippen LogP contribution in [0.1, 0.15) is 18.9 Å². The first-order chi connectivity index (χ1) is 15.2. The quantitative estimate of drug-likeness (QED) is 0.666. The maximum Gasteiger partial charge on any atom is 0.248 e. The van der Waals surface area contributed by atoms with Crippen molar-refractivity contribution in [2.45, 2.75) is 37.2 Å². The zero-order valence-corrected chi connectivity index (χ0v) is 18.9. The Morgan fingerprint density at radius 3 is 2.22 bits per heavy atom. The van der Waals surface area contributed by atoms with E-state index in [1.54, 1.807) is 67.5 Å². The number of carbonyl (C=O) groups excluding carboxylic acids is 2. The molecule has 32 heavy (non-hydrogen) atoms. The van der Waals surface area contributed by atoms with Crippen molar-refractivity contribution < 1.29 is 22.7 Å². The van der Waals surface area contributed by atoms with Crippen LogP contribution in [0.4, 0.5) is 5.69 Å².